The SMILES string of the molecule is N#CC1(C(=O)N[C@H]2CC[C@H](Nc3cc(NC4CC4)c4ncc(C(=O)Nc5ccnc(Cl)c5)n4n3)CC2)CC1. The molecule has 6 rings (SSSR count). The van der Waals surface area contributed by atoms with Crippen LogP contribution in [0.25, 0.3) is 5.65 Å². The molecule has 3 aliphatic rings. The number of hydrogen-bond acceptors (Lipinski definition) is 8. The van der Waals surface area contributed by atoms with Gasteiger partial charge in [-0.25, -0.2) is 14.5 Å². The summed E-state index contributed by atoms with van der Waals surface area (Å²) in [5.41, 5.74) is 1.44. The number of pyridine rings is 1. The third kappa shape index (κ3) is 5.09. The van der Waals surface area contributed by atoms with E-state index >= 15 is 0 Å². The van der Waals surface area contributed by atoms with Crippen molar-refractivity contribution in [2.24, 2.45) is 5.41 Å². The van der Waals surface area contributed by atoms with Crippen LogP contribution in [-0.2, 0) is 4.79 Å². The van der Waals surface area contributed by atoms with E-state index in [0.717, 1.165) is 44.2 Å². The smallest absolute Gasteiger partial charge is 0.276 e. The molecule has 3 aromatic rings. The van der Waals surface area contributed by atoms with Crippen LogP contribution in [0.3, 0.4) is 0 Å². The number of carbonyl (C=O) groups excluding carboxylic acids is 2. The molecule has 3 fully saturated rings. The Bertz CT molecular complexity index is 1430. The summed E-state index contributed by atoms with van der Waals surface area (Å²) in [6.45, 7) is 0. The van der Waals surface area contributed by atoms with Crippen molar-refractivity contribution >= 4 is 46.3 Å². The molecule has 0 bridgehead atoms. The van der Waals surface area contributed by atoms with Crippen molar-refractivity contribution in [1.29, 1.82) is 5.26 Å². The molecule has 0 unspecified atom stereocenters. The quantitative estimate of drug-likeness (QED) is 0.320. The van der Waals surface area contributed by atoms with Crippen molar-refractivity contribution in [2.75, 3.05) is 16.0 Å². The minimum absolute atomic E-state index is 0.0829. The van der Waals surface area contributed by atoms with E-state index in [1.54, 1.807) is 16.6 Å². The summed E-state index contributed by atoms with van der Waals surface area (Å²) in [5, 5.41) is 27.2. The van der Waals surface area contributed by atoms with E-state index in [1.807, 2.05) is 6.07 Å². The van der Waals surface area contributed by atoms with Crippen LogP contribution in [0.4, 0.5) is 17.2 Å². The molecule has 12 heteroatoms. The maximum Gasteiger partial charge on any atom is 0.276 e. The maximum absolute atomic E-state index is 13.1. The van der Waals surface area contributed by atoms with E-state index in [4.69, 9.17) is 16.7 Å². The number of amides is 2. The number of halogens is 1. The number of imidazole rings is 1. The summed E-state index contributed by atoms with van der Waals surface area (Å²) >= 11 is 5.96. The van der Waals surface area contributed by atoms with Gasteiger partial charge in [-0.3, -0.25) is 9.59 Å². The van der Waals surface area contributed by atoms with Gasteiger partial charge in [-0.1, -0.05) is 11.6 Å². The average Bonchev–Trinajstić information content (AvgIpc) is 3.83. The number of carbonyl (C=O) groups is 2. The van der Waals surface area contributed by atoms with Crippen molar-refractivity contribution in [3.05, 3.63) is 41.4 Å². The lowest BCUT2D eigenvalue weighted by Crippen LogP contribution is -2.43. The first-order valence-electron chi connectivity index (χ1n) is 13.0. The second-order valence-corrected chi connectivity index (χ2v) is 10.8. The number of rotatable bonds is 8. The van der Waals surface area contributed by atoms with Crippen LogP contribution in [-0.4, -0.2) is 49.5 Å². The molecule has 3 saturated carbocycles. The standard InChI is InChI=1S/C26H28ClN9O2/c27-21-11-18(7-10-29-21)33-24(37)20-13-30-23-19(31-15-1-2-15)12-22(35-36(20)23)32-16-3-5-17(6-4-16)34-25(38)26(14-28)8-9-26/h7,10-13,15-17,31H,1-6,8-9H2,(H,32,35)(H,34,38)(H,29,33,37)/t16-,17-. The molecule has 0 saturated heterocycles. The lowest BCUT2D eigenvalue weighted by atomic mass is 9.90. The molecular formula is C26H28ClN9O2. The van der Waals surface area contributed by atoms with E-state index in [-0.39, 0.29) is 29.1 Å². The highest BCUT2D eigenvalue weighted by Crippen LogP contribution is 2.45. The molecule has 0 atom stereocenters. The molecule has 3 aliphatic carbocycles. The zero-order valence-corrected chi connectivity index (χ0v) is 21.5. The van der Waals surface area contributed by atoms with Gasteiger partial charge < -0.3 is 21.3 Å². The Morgan fingerprint density at radius 2 is 1.74 bits per heavy atom. The van der Waals surface area contributed by atoms with Gasteiger partial charge in [-0.15, -0.1) is 5.10 Å². The second kappa shape index (κ2) is 9.76. The summed E-state index contributed by atoms with van der Waals surface area (Å²) in [4.78, 5) is 34.0. The lowest BCUT2D eigenvalue weighted by Gasteiger charge is -2.30. The van der Waals surface area contributed by atoms with E-state index in [1.165, 1.54) is 12.4 Å². The zero-order valence-electron chi connectivity index (χ0n) is 20.7. The minimum atomic E-state index is -0.794. The third-order valence-electron chi connectivity index (χ3n) is 7.43. The van der Waals surface area contributed by atoms with Crippen LogP contribution in [0.15, 0.2) is 30.6 Å². The zero-order chi connectivity index (χ0) is 26.3. The topological polar surface area (TPSA) is 149 Å². The van der Waals surface area contributed by atoms with Gasteiger partial charge in [0.1, 0.15) is 16.4 Å². The van der Waals surface area contributed by atoms with Crippen LogP contribution >= 0.6 is 11.6 Å². The number of anilines is 3. The minimum Gasteiger partial charge on any atom is -0.379 e. The number of nitrogens with one attached hydrogen (secondary N) is 4. The first kappa shape index (κ1) is 24.4. The largest absolute Gasteiger partial charge is 0.379 e. The fraction of sp³-hybridized carbons (Fsp3) is 0.462. The molecule has 0 aliphatic heterocycles. The van der Waals surface area contributed by atoms with Crippen molar-refractivity contribution < 1.29 is 9.59 Å². The number of aromatic nitrogens is 4. The monoisotopic (exact) mass is 533 g/mol. The van der Waals surface area contributed by atoms with E-state index < -0.39 is 5.41 Å². The Morgan fingerprint density at radius 3 is 2.42 bits per heavy atom. The molecule has 11 nitrogen and oxygen atoms in total. The molecule has 0 aromatic carbocycles. The highest BCUT2D eigenvalue weighted by Gasteiger charge is 2.51. The van der Waals surface area contributed by atoms with Crippen LogP contribution in [0.2, 0.25) is 5.15 Å². The van der Waals surface area contributed by atoms with Crippen LogP contribution in [0, 0.1) is 16.7 Å². The van der Waals surface area contributed by atoms with E-state index in [9.17, 15) is 14.9 Å². The fourth-order valence-corrected chi connectivity index (χ4v) is 5.03. The summed E-state index contributed by atoms with van der Waals surface area (Å²) < 4.78 is 1.56. The predicted octanol–water partition coefficient (Wildman–Crippen LogP) is 3.75. The number of nitrogens with zero attached hydrogens (tertiary/aromatic N) is 5. The van der Waals surface area contributed by atoms with Gasteiger partial charge in [0.2, 0.25) is 5.91 Å². The van der Waals surface area contributed by atoms with E-state index in [0.29, 0.717) is 41.7 Å². The molecule has 3 heterocycles. The van der Waals surface area contributed by atoms with Crippen molar-refractivity contribution in [2.45, 2.75) is 69.5 Å². The second-order valence-electron chi connectivity index (χ2n) is 10.4. The Kier molecular flexibility index (Phi) is 6.27. The van der Waals surface area contributed by atoms with E-state index in [2.05, 4.69) is 37.3 Å². The summed E-state index contributed by atoms with van der Waals surface area (Å²) in [6, 6.07) is 8.00. The Balaban J connectivity index is 1.17. The molecule has 2 amide bonds. The normalized spacial score (nSPS) is 21.8. The highest BCUT2D eigenvalue weighted by molar-refractivity contribution is 6.29. The molecule has 4 N–H and O–H groups in total. The van der Waals surface area contributed by atoms with Crippen LogP contribution in [0.5, 0.6) is 0 Å². The molecular weight excluding hydrogens is 506 g/mol. The van der Waals surface area contributed by atoms with Gasteiger partial charge >= 0.3 is 0 Å². The fourth-order valence-electron chi connectivity index (χ4n) is 4.85. The van der Waals surface area contributed by atoms with Crippen molar-refractivity contribution in [1.82, 2.24) is 24.9 Å². The number of fused-ring (bicyclic) bond motifs is 1. The van der Waals surface area contributed by atoms with Gasteiger partial charge in [0, 0.05) is 36.1 Å². The molecule has 38 heavy (non-hydrogen) atoms. The van der Waals surface area contributed by atoms with Gasteiger partial charge in [-0.05, 0) is 63.5 Å². The summed E-state index contributed by atoms with van der Waals surface area (Å²) in [7, 11) is 0. The average molecular weight is 534 g/mol. The Morgan fingerprint density at radius 1 is 1.03 bits per heavy atom. The van der Waals surface area contributed by atoms with Gasteiger partial charge in [0.15, 0.2) is 11.3 Å². The molecule has 0 spiro atoms. The lowest BCUT2D eigenvalue weighted by molar-refractivity contribution is -0.125. The summed E-state index contributed by atoms with van der Waals surface area (Å²) in [5.74, 6) is 0.164. The van der Waals surface area contributed by atoms with Crippen LogP contribution < -0.4 is 21.3 Å². The van der Waals surface area contributed by atoms with Crippen LogP contribution in [0.1, 0.15) is 61.9 Å². The van der Waals surface area contributed by atoms with Crippen molar-refractivity contribution in [3.63, 3.8) is 0 Å². The van der Waals surface area contributed by atoms with Gasteiger partial charge in [-0.2, -0.15) is 5.26 Å². The van der Waals surface area contributed by atoms with Crippen molar-refractivity contribution in [3.8, 4) is 6.07 Å². The summed E-state index contributed by atoms with van der Waals surface area (Å²) in [6.07, 6.45) is 9.91. The molecule has 196 valence electrons. The van der Waals surface area contributed by atoms with Gasteiger partial charge in [0.25, 0.3) is 5.91 Å². The Labute approximate surface area is 224 Å². The first-order valence-corrected chi connectivity index (χ1v) is 13.4. The third-order valence-corrected chi connectivity index (χ3v) is 7.64. The number of hydrogen-bond donors (Lipinski definition) is 4. The first-order chi connectivity index (χ1) is 18.4. The Hall–Kier alpha value is -3.91. The maximum atomic E-state index is 13.1. The highest BCUT2D eigenvalue weighted by atomic mass is 35.5. The molecule has 3 aromatic heterocycles. The number of nitriles is 1. The molecule has 0 radical (unpaired) electrons. The predicted molar refractivity (Wildman–Crippen MR) is 142 cm³/mol. The van der Waals surface area contributed by atoms with Gasteiger partial charge in [0.05, 0.1) is 18.0 Å².